The van der Waals surface area contributed by atoms with Gasteiger partial charge in [-0.2, -0.15) is 0 Å². The fourth-order valence-corrected chi connectivity index (χ4v) is 4.13. The van der Waals surface area contributed by atoms with E-state index < -0.39 is 0 Å². The molecule has 0 aromatic heterocycles. The molecule has 0 atom stereocenters. The first-order valence-corrected chi connectivity index (χ1v) is 10.5. The number of thioether (sulfide) groups is 1. The number of halogens is 1. The fraction of sp³-hybridized carbons (Fsp3) is 0.286. The zero-order valence-electron chi connectivity index (χ0n) is 15.3. The molecule has 2 N–H and O–H groups in total. The minimum Gasteiger partial charge on any atom is -0.360 e. The number of amides is 1. The number of para-hydroxylation sites is 1. The van der Waals surface area contributed by atoms with Crippen LogP contribution in [0.1, 0.15) is 0 Å². The van der Waals surface area contributed by atoms with Gasteiger partial charge in [-0.05, 0) is 30.3 Å². The summed E-state index contributed by atoms with van der Waals surface area (Å²) >= 11 is 7.77. The Morgan fingerprint density at radius 2 is 2.00 bits per heavy atom. The van der Waals surface area contributed by atoms with Crippen LogP contribution in [0.4, 0.5) is 11.4 Å². The zero-order valence-corrected chi connectivity index (χ0v) is 16.9. The number of piperazine rings is 1. The summed E-state index contributed by atoms with van der Waals surface area (Å²) in [4.78, 5) is 17.2. The number of benzene rings is 2. The molecule has 0 saturated carbocycles. The number of carbonyl (C=O) groups is 1. The Morgan fingerprint density at radius 3 is 2.74 bits per heavy atom. The zero-order chi connectivity index (χ0) is 19.1. The molecule has 1 aliphatic heterocycles. The molecule has 0 bridgehead atoms. The molecule has 142 valence electrons. The van der Waals surface area contributed by atoms with Crippen molar-refractivity contribution in [1.29, 1.82) is 0 Å². The van der Waals surface area contributed by atoms with Crippen molar-refractivity contribution in [2.45, 2.75) is 4.90 Å². The Labute approximate surface area is 170 Å². The van der Waals surface area contributed by atoms with Crippen LogP contribution in [-0.4, -0.2) is 44.4 Å². The average Bonchev–Trinajstić information content (AvgIpc) is 2.68. The van der Waals surface area contributed by atoms with Crippen LogP contribution in [0.3, 0.4) is 0 Å². The molecule has 1 heterocycles. The summed E-state index contributed by atoms with van der Waals surface area (Å²) in [5, 5.41) is 3.83. The Bertz CT molecular complexity index is 791. The molecule has 0 unspecified atom stereocenters. The van der Waals surface area contributed by atoms with Crippen molar-refractivity contribution >= 4 is 40.6 Å². The smallest absolute Gasteiger partial charge is 0.279 e. The number of hydrogen-bond donors (Lipinski definition) is 2. The maximum Gasteiger partial charge on any atom is 0.279 e. The molecule has 0 radical (unpaired) electrons. The van der Waals surface area contributed by atoms with E-state index in [1.54, 1.807) is 11.8 Å². The van der Waals surface area contributed by atoms with E-state index in [9.17, 15) is 4.79 Å². The van der Waals surface area contributed by atoms with Crippen LogP contribution in [0.5, 0.6) is 0 Å². The first kappa shape index (κ1) is 19.8. The molecule has 2 aromatic carbocycles. The second kappa shape index (κ2) is 9.83. The highest BCUT2D eigenvalue weighted by molar-refractivity contribution is 7.99. The van der Waals surface area contributed by atoms with E-state index in [0.29, 0.717) is 6.54 Å². The third-order valence-electron chi connectivity index (χ3n) is 4.57. The van der Waals surface area contributed by atoms with Gasteiger partial charge in [-0.1, -0.05) is 35.9 Å². The van der Waals surface area contributed by atoms with Gasteiger partial charge in [-0.15, -0.1) is 18.3 Å². The lowest BCUT2D eigenvalue weighted by atomic mass is 10.2. The standard InChI is InChI=1S/C21H24ClN3OS/c1-2-14-27-20-9-4-3-8-19(20)23-21(26)16-24-10-12-25(13-11-24)18-7-5-6-17(22)15-18/h2-9,15H,1,10-14,16H2,(H,23,26)/p+1. The van der Waals surface area contributed by atoms with Gasteiger partial charge in [-0.25, -0.2) is 0 Å². The molecule has 3 rings (SSSR count). The maximum absolute atomic E-state index is 12.5. The van der Waals surface area contributed by atoms with Crippen LogP contribution in [0.2, 0.25) is 5.02 Å². The molecule has 27 heavy (non-hydrogen) atoms. The normalized spacial score (nSPS) is 14.8. The Balaban J connectivity index is 1.51. The van der Waals surface area contributed by atoms with E-state index in [-0.39, 0.29) is 5.91 Å². The molecule has 4 nitrogen and oxygen atoms in total. The predicted molar refractivity (Wildman–Crippen MR) is 115 cm³/mol. The van der Waals surface area contributed by atoms with Crippen molar-refractivity contribution in [2.24, 2.45) is 0 Å². The summed E-state index contributed by atoms with van der Waals surface area (Å²) in [6, 6.07) is 15.9. The number of hydrogen-bond acceptors (Lipinski definition) is 3. The number of quaternary nitrogens is 1. The van der Waals surface area contributed by atoms with Crippen LogP contribution >= 0.6 is 23.4 Å². The number of anilines is 2. The first-order valence-electron chi connectivity index (χ1n) is 9.12. The minimum absolute atomic E-state index is 0.0628. The van der Waals surface area contributed by atoms with Gasteiger partial charge < -0.3 is 15.1 Å². The number of rotatable bonds is 7. The molecule has 1 aliphatic rings. The lowest BCUT2D eigenvalue weighted by Gasteiger charge is -2.33. The summed E-state index contributed by atoms with van der Waals surface area (Å²) in [6.45, 7) is 7.97. The van der Waals surface area contributed by atoms with E-state index >= 15 is 0 Å². The van der Waals surface area contributed by atoms with Crippen LogP contribution in [0.25, 0.3) is 0 Å². The fourth-order valence-electron chi connectivity index (χ4n) is 3.20. The van der Waals surface area contributed by atoms with Crippen molar-refractivity contribution < 1.29 is 9.69 Å². The van der Waals surface area contributed by atoms with Crippen LogP contribution in [-0.2, 0) is 4.79 Å². The average molecular weight is 403 g/mol. The monoisotopic (exact) mass is 402 g/mol. The van der Waals surface area contributed by atoms with Gasteiger partial charge in [0.25, 0.3) is 5.91 Å². The molecule has 1 fully saturated rings. The summed E-state index contributed by atoms with van der Waals surface area (Å²) in [5.41, 5.74) is 2.03. The Hall–Kier alpha value is -1.95. The summed E-state index contributed by atoms with van der Waals surface area (Å²) in [5.74, 6) is 0.886. The van der Waals surface area contributed by atoms with Crippen molar-refractivity contribution in [3.63, 3.8) is 0 Å². The van der Waals surface area contributed by atoms with Crippen LogP contribution in [0, 0.1) is 0 Å². The van der Waals surface area contributed by atoms with Crippen molar-refractivity contribution in [1.82, 2.24) is 0 Å². The predicted octanol–water partition coefficient (Wildman–Crippen LogP) is 2.96. The van der Waals surface area contributed by atoms with Gasteiger partial charge in [0.2, 0.25) is 0 Å². The largest absolute Gasteiger partial charge is 0.360 e. The highest BCUT2D eigenvalue weighted by Gasteiger charge is 2.22. The topological polar surface area (TPSA) is 36.8 Å². The Morgan fingerprint density at radius 1 is 1.22 bits per heavy atom. The molecule has 2 aromatic rings. The van der Waals surface area contributed by atoms with Crippen molar-refractivity contribution in [3.05, 3.63) is 66.2 Å². The minimum atomic E-state index is 0.0628. The van der Waals surface area contributed by atoms with Crippen molar-refractivity contribution in [3.8, 4) is 0 Å². The van der Waals surface area contributed by atoms with E-state index in [1.807, 2.05) is 48.5 Å². The maximum atomic E-state index is 12.5. The van der Waals surface area contributed by atoms with E-state index in [2.05, 4.69) is 22.9 Å². The second-order valence-corrected chi connectivity index (χ2v) is 8.04. The quantitative estimate of drug-likeness (QED) is 0.552. The van der Waals surface area contributed by atoms with E-state index in [1.165, 1.54) is 4.90 Å². The van der Waals surface area contributed by atoms with Crippen molar-refractivity contribution in [2.75, 3.05) is 48.7 Å². The van der Waals surface area contributed by atoms with Gasteiger partial charge in [0.15, 0.2) is 6.54 Å². The molecule has 1 amide bonds. The highest BCUT2D eigenvalue weighted by atomic mass is 35.5. The molecule has 1 saturated heterocycles. The lowest BCUT2D eigenvalue weighted by molar-refractivity contribution is -0.892. The second-order valence-electron chi connectivity index (χ2n) is 6.54. The summed E-state index contributed by atoms with van der Waals surface area (Å²) in [6.07, 6.45) is 1.87. The third kappa shape index (κ3) is 5.76. The van der Waals surface area contributed by atoms with Gasteiger partial charge in [0.05, 0.1) is 31.9 Å². The molecule has 0 spiro atoms. The summed E-state index contributed by atoms with van der Waals surface area (Å²) in [7, 11) is 0. The molecule has 0 aliphatic carbocycles. The van der Waals surface area contributed by atoms with E-state index in [4.69, 9.17) is 11.6 Å². The van der Waals surface area contributed by atoms with E-state index in [0.717, 1.165) is 53.2 Å². The van der Waals surface area contributed by atoms with Crippen LogP contribution in [0.15, 0.2) is 66.1 Å². The van der Waals surface area contributed by atoms with Gasteiger partial charge in [0, 0.05) is 21.4 Å². The molecular formula is C21H25ClN3OS+. The van der Waals surface area contributed by atoms with Gasteiger partial charge >= 0.3 is 0 Å². The lowest BCUT2D eigenvalue weighted by Crippen LogP contribution is -3.15. The SMILES string of the molecule is C=CCSc1ccccc1NC(=O)C[NH+]1CCN(c2cccc(Cl)c2)CC1. The number of carbonyl (C=O) groups excluding carboxylic acids is 1. The first-order chi connectivity index (χ1) is 13.2. The van der Waals surface area contributed by atoms with Gasteiger partial charge in [-0.3, -0.25) is 4.79 Å². The van der Waals surface area contributed by atoms with Gasteiger partial charge in [0.1, 0.15) is 0 Å². The van der Waals surface area contributed by atoms with Crippen LogP contribution < -0.4 is 15.1 Å². The third-order valence-corrected chi connectivity index (χ3v) is 5.88. The number of nitrogens with one attached hydrogen (secondary N) is 2. The Kier molecular flexibility index (Phi) is 7.21. The molecule has 6 heteroatoms. The summed E-state index contributed by atoms with van der Waals surface area (Å²) < 4.78 is 0. The number of nitrogens with zero attached hydrogens (tertiary/aromatic N) is 1. The molecular weight excluding hydrogens is 378 g/mol. The highest BCUT2D eigenvalue weighted by Crippen LogP contribution is 2.26.